The van der Waals surface area contributed by atoms with Gasteiger partial charge >= 0.3 is 0 Å². The maximum Gasteiger partial charge on any atom is 0.126 e. The molecule has 19 heavy (non-hydrogen) atoms. The van der Waals surface area contributed by atoms with Crippen LogP contribution in [0.25, 0.3) is 5.69 Å². The van der Waals surface area contributed by atoms with E-state index in [0.29, 0.717) is 11.5 Å². The van der Waals surface area contributed by atoms with Crippen LogP contribution in [-0.2, 0) is 0 Å². The van der Waals surface area contributed by atoms with Crippen LogP contribution in [0.2, 0.25) is 0 Å². The number of aryl methyl sites for hydroxylation is 1. The summed E-state index contributed by atoms with van der Waals surface area (Å²) in [5.41, 5.74) is 9.15. The van der Waals surface area contributed by atoms with Crippen LogP contribution in [0.15, 0.2) is 24.4 Å². The van der Waals surface area contributed by atoms with Crippen LogP contribution in [0.3, 0.4) is 0 Å². The molecule has 3 nitrogen and oxygen atoms in total. The first-order valence-corrected chi connectivity index (χ1v) is 6.51. The van der Waals surface area contributed by atoms with Gasteiger partial charge in [0.15, 0.2) is 0 Å². The van der Waals surface area contributed by atoms with Crippen molar-refractivity contribution in [3.8, 4) is 5.69 Å². The molecule has 0 radical (unpaired) electrons. The van der Waals surface area contributed by atoms with E-state index in [1.165, 1.54) is 6.07 Å². The zero-order valence-corrected chi connectivity index (χ0v) is 11.8. The molecule has 1 heterocycles. The predicted octanol–water partition coefficient (Wildman–Crippen LogP) is 3.46. The van der Waals surface area contributed by atoms with E-state index < -0.39 is 0 Å². The van der Waals surface area contributed by atoms with Gasteiger partial charge in [-0.05, 0) is 49.1 Å². The van der Waals surface area contributed by atoms with Gasteiger partial charge in [-0.3, -0.25) is 0 Å². The van der Waals surface area contributed by atoms with Crippen molar-refractivity contribution in [2.45, 2.75) is 39.7 Å². The Hall–Kier alpha value is -1.68. The highest BCUT2D eigenvalue weighted by Gasteiger charge is 2.14. The Kier molecular flexibility index (Phi) is 3.71. The second kappa shape index (κ2) is 5.13. The van der Waals surface area contributed by atoms with Crippen LogP contribution < -0.4 is 5.73 Å². The van der Waals surface area contributed by atoms with Crippen molar-refractivity contribution in [1.82, 2.24) is 9.78 Å². The highest BCUT2D eigenvalue weighted by atomic mass is 19.1. The summed E-state index contributed by atoms with van der Waals surface area (Å²) in [6.07, 6.45) is 1.90. The quantitative estimate of drug-likeness (QED) is 0.919. The number of hydrogen-bond donors (Lipinski definition) is 1. The topological polar surface area (TPSA) is 43.8 Å². The molecule has 0 spiro atoms. The Morgan fingerprint density at radius 2 is 1.95 bits per heavy atom. The summed E-state index contributed by atoms with van der Waals surface area (Å²) in [5.74, 6) is 0.133. The fourth-order valence-corrected chi connectivity index (χ4v) is 2.02. The molecule has 0 fully saturated rings. The highest BCUT2D eigenvalue weighted by molar-refractivity contribution is 5.45. The zero-order chi connectivity index (χ0) is 14.2. The third-order valence-corrected chi connectivity index (χ3v) is 3.25. The minimum absolute atomic E-state index is 0.229. The van der Waals surface area contributed by atoms with Crippen molar-refractivity contribution >= 4 is 0 Å². The molecule has 2 aromatic rings. The van der Waals surface area contributed by atoms with E-state index in [-0.39, 0.29) is 11.9 Å². The third-order valence-electron chi connectivity index (χ3n) is 3.25. The average Bonchev–Trinajstić information content (AvgIpc) is 2.81. The summed E-state index contributed by atoms with van der Waals surface area (Å²) in [6.45, 7) is 7.78. The summed E-state index contributed by atoms with van der Waals surface area (Å²) in [5, 5.41) is 4.53. The van der Waals surface area contributed by atoms with Gasteiger partial charge in [-0.25, -0.2) is 9.07 Å². The van der Waals surface area contributed by atoms with Crippen LogP contribution in [0.1, 0.15) is 49.6 Å². The van der Waals surface area contributed by atoms with Crippen molar-refractivity contribution in [2.75, 3.05) is 0 Å². The molecule has 4 heteroatoms. The number of nitrogens with zero attached hydrogens (tertiary/aromatic N) is 2. The summed E-state index contributed by atoms with van der Waals surface area (Å²) >= 11 is 0. The Morgan fingerprint density at radius 1 is 1.26 bits per heavy atom. The summed E-state index contributed by atoms with van der Waals surface area (Å²) in [6, 6.07) is 5.04. The number of rotatable bonds is 3. The molecular weight excluding hydrogens is 241 g/mol. The lowest BCUT2D eigenvalue weighted by Crippen LogP contribution is -2.11. The Labute approximate surface area is 113 Å². The molecule has 0 saturated carbocycles. The standard InChI is InChI=1S/C15H20FN3/c1-9(2)14-5-6-19(18-14)15-7-10(3)13(16)8-12(15)11(4)17/h5-9,11H,17H2,1-4H3/t11-/m0/s1. The van der Waals surface area contributed by atoms with E-state index in [1.807, 2.05) is 19.2 Å². The fourth-order valence-electron chi connectivity index (χ4n) is 2.02. The van der Waals surface area contributed by atoms with Gasteiger partial charge in [0.1, 0.15) is 5.82 Å². The molecule has 0 aliphatic rings. The molecule has 2 N–H and O–H groups in total. The lowest BCUT2D eigenvalue weighted by molar-refractivity contribution is 0.610. The smallest absolute Gasteiger partial charge is 0.126 e. The fraction of sp³-hybridized carbons (Fsp3) is 0.400. The van der Waals surface area contributed by atoms with Gasteiger partial charge in [-0.2, -0.15) is 5.10 Å². The molecule has 102 valence electrons. The van der Waals surface area contributed by atoms with Crippen LogP contribution in [-0.4, -0.2) is 9.78 Å². The van der Waals surface area contributed by atoms with E-state index >= 15 is 0 Å². The monoisotopic (exact) mass is 261 g/mol. The number of nitrogens with two attached hydrogens (primary N) is 1. The molecule has 1 atom stereocenters. The van der Waals surface area contributed by atoms with Crippen molar-refractivity contribution in [1.29, 1.82) is 0 Å². The molecule has 0 amide bonds. The SMILES string of the molecule is Cc1cc(-n2ccc(C(C)C)n2)c([C@H](C)N)cc1F. The second-order valence-corrected chi connectivity index (χ2v) is 5.29. The van der Waals surface area contributed by atoms with E-state index in [0.717, 1.165) is 16.9 Å². The van der Waals surface area contributed by atoms with Gasteiger partial charge in [-0.15, -0.1) is 0 Å². The van der Waals surface area contributed by atoms with E-state index in [1.54, 1.807) is 17.7 Å². The molecule has 1 aromatic heterocycles. The molecule has 0 unspecified atom stereocenters. The first kappa shape index (κ1) is 13.7. The average molecular weight is 261 g/mol. The first-order valence-electron chi connectivity index (χ1n) is 6.51. The lowest BCUT2D eigenvalue weighted by atomic mass is 10.0. The van der Waals surface area contributed by atoms with Gasteiger partial charge in [0.25, 0.3) is 0 Å². The van der Waals surface area contributed by atoms with Crippen LogP contribution >= 0.6 is 0 Å². The molecule has 0 saturated heterocycles. The summed E-state index contributed by atoms with van der Waals surface area (Å²) in [7, 11) is 0. The van der Waals surface area contributed by atoms with Crippen LogP contribution in [0.4, 0.5) is 4.39 Å². The molecule has 0 bridgehead atoms. The predicted molar refractivity (Wildman–Crippen MR) is 75.0 cm³/mol. The number of benzene rings is 1. The molecule has 0 aliphatic heterocycles. The van der Waals surface area contributed by atoms with E-state index in [4.69, 9.17) is 5.73 Å². The number of hydrogen-bond acceptors (Lipinski definition) is 2. The van der Waals surface area contributed by atoms with Gasteiger partial charge in [-0.1, -0.05) is 13.8 Å². The molecular formula is C15H20FN3. The van der Waals surface area contributed by atoms with Gasteiger partial charge in [0.05, 0.1) is 11.4 Å². The van der Waals surface area contributed by atoms with Gasteiger partial charge in [0, 0.05) is 12.2 Å². The van der Waals surface area contributed by atoms with Crippen LogP contribution in [0, 0.1) is 12.7 Å². The Morgan fingerprint density at radius 3 is 2.47 bits per heavy atom. The van der Waals surface area contributed by atoms with Gasteiger partial charge in [0.2, 0.25) is 0 Å². The lowest BCUT2D eigenvalue weighted by Gasteiger charge is -2.14. The molecule has 2 rings (SSSR count). The van der Waals surface area contributed by atoms with Crippen molar-refractivity contribution in [3.05, 3.63) is 47.0 Å². The Bertz CT molecular complexity index is 585. The first-order chi connectivity index (χ1) is 8.90. The normalized spacial score (nSPS) is 13.0. The number of aromatic nitrogens is 2. The van der Waals surface area contributed by atoms with Crippen molar-refractivity contribution < 1.29 is 4.39 Å². The maximum atomic E-state index is 13.7. The van der Waals surface area contributed by atoms with E-state index in [9.17, 15) is 4.39 Å². The third kappa shape index (κ3) is 2.68. The minimum Gasteiger partial charge on any atom is -0.324 e. The maximum absolute atomic E-state index is 13.7. The van der Waals surface area contributed by atoms with Crippen LogP contribution in [0.5, 0.6) is 0 Å². The number of halogens is 1. The van der Waals surface area contributed by atoms with Gasteiger partial charge < -0.3 is 5.73 Å². The molecule has 1 aromatic carbocycles. The zero-order valence-electron chi connectivity index (χ0n) is 11.8. The van der Waals surface area contributed by atoms with Crippen molar-refractivity contribution in [2.24, 2.45) is 5.73 Å². The highest BCUT2D eigenvalue weighted by Crippen LogP contribution is 2.24. The summed E-state index contributed by atoms with van der Waals surface area (Å²) in [4.78, 5) is 0. The molecule has 0 aliphatic carbocycles. The summed E-state index contributed by atoms with van der Waals surface area (Å²) < 4.78 is 15.5. The largest absolute Gasteiger partial charge is 0.324 e. The Balaban J connectivity index is 2.56. The van der Waals surface area contributed by atoms with Crippen molar-refractivity contribution in [3.63, 3.8) is 0 Å². The second-order valence-electron chi connectivity index (χ2n) is 5.29. The van der Waals surface area contributed by atoms with E-state index in [2.05, 4.69) is 18.9 Å². The minimum atomic E-state index is -0.239.